The van der Waals surface area contributed by atoms with Crippen LogP contribution in [0.5, 0.6) is 5.75 Å². The number of methoxy groups -OCH3 is 1. The second kappa shape index (κ2) is 9.44. The number of aryl methyl sites for hydroxylation is 1. The monoisotopic (exact) mass is 405 g/mol. The number of hydrogen-bond acceptors (Lipinski definition) is 4. The highest BCUT2D eigenvalue weighted by atomic mass is 16.5. The number of hydrogen-bond donors (Lipinski definition) is 0. The van der Waals surface area contributed by atoms with Gasteiger partial charge in [-0.3, -0.25) is 4.79 Å². The lowest BCUT2D eigenvalue weighted by Crippen LogP contribution is -2.38. The molecule has 2 aromatic carbocycles. The molecule has 0 aromatic heterocycles. The fourth-order valence-electron chi connectivity index (χ4n) is 3.68. The fourth-order valence-corrected chi connectivity index (χ4v) is 3.68. The first-order chi connectivity index (χ1) is 14.4. The van der Waals surface area contributed by atoms with E-state index in [1.807, 2.05) is 62.4 Å². The van der Waals surface area contributed by atoms with Gasteiger partial charge in [-0.1, -0.05) is 54.6 Å². The summed E-state index contributed by atoms with van der Waals surface area (Å²) in [6.07, 6.45) is 1.76. The van der Waals surface area contributed by atoms with Crippen LogP contribution in [0.2, 0.25) is 0 Å². The topological polar surface area (TPSA) is 55.8 Å². The van der Waals surface area contributed by atoms with Gasteiger partial charge in [0, 0.05) is 18.0 Å². The zero-order valence-corrected chi connectivity index (χ0v) is 17.7. The molecule has 1 aliphatic rings. The van der Waals surface area contributed by atoms with Gasteiger partial charge in [-0.2, -0.15) is 0 Å². The van der Waals surface area contributed by atoms with Gasteiger partial charge in [0.15, 0.2) is 0 Å². The largest absolute Gasteiger partial charge is 0.497 e. The molecule has 5 heteroatoms. The Morgan fingerprint density at radius 3 is 2.40 bits per heavy atom. The van der Waals surface area contributed by atoms with E-state index in [1.54, 1.807) is 12.0 Å². The van der Waals surface area contributed by atoms with Crippen LogP contribution in [0.25, 0.3) is 0 Å². The van der Waals surface area contributed by atoms with Gasteiger partial charge in [-0.05, 0) is 37.1 Å². The summed E-state index contributed by atoms with van der Waals surface area (Å²) in [5.41, 5.74) is 4.16. The molecule has 0 bridgehead atoms. The van der Waals surface area contributed by atoms with Crippen LogP contribution >= 0.6 is 0 Å². The van der Waals surface area contributed by atoms with Crippen molar-refractivity contribution in [3.63, 3.8) is 0 Å². The number of esters is 1. The van der Waals surface area contributed by atoms with Crippen molar-refractivity contribution >= 4 is 11.9 Å². The minimum Gasteiger partial charge on any atom is -0.497 e. The molecule has 0 saturated carbocycles. The van der Waals surface area contributed by atoms with E-state index in [-0.39, 0.29) is 24.9 Å². The minimum atomic E-state index is -0.412. The highest BCUT2D eigenvalue weighted by Gasteiger charge is 2.36. The van der Waals surface area contributed by atoms with Crippen molar-refractivity contribution in [3.8, 4) is 5.75 Å². The number of nitrogens with zero attached hydrogens (tertiary/aromatic N) is 1. The number of allylic oxidation sites excluding steroid dienone is 1. The maximum Gasteiger partial charge on any atom is 0.336 e. The molecular weight excluding hydrogens is 378 g/mol. The first-order valence-corrected chi connectivity index (χ1v) is 9.93. The number of amides is 1. The summed E-state index contributed by atoms with van der Waals surface area (Å²) in [7, 11) is 1.61. The Kier molecular flexibility index (Phi) is 6.72. The molecule has 1 atom stereocenters. The van der Waals surface area contributed by atoms with Crippen molar-refractivity contribution < 1.29 is 19.1 Å². The second-order valence-electron chi connectivity index (χ2n) is 7.38. The molecule has 1 amide bonds. The maximum absolute atomic E-state index is 13.1. The molecule has 0 radical (unpaired) electrons. The van der Waals surface area contributed by atoms with Crippen LogP contribution in [0.3, 0.4) is 0 Å². The van der Waals surface area contributed by atoms with Crippen LogP contribution < -0.4 is 4.74 Å². The van der Waals surface area contributed by atoms with Gasteiger partial charge in [0.25, 0.3) is 0 Å². The average Bonchev–Trinajstić information content (AvgIpc) is 2.75. The average molecular weight is 405 g/mol. The molecule has 1 aliphatic heterocycles. The third-order valence-corrected chi connectivity index (χ3v) is 5.35. The van der Waals surface area contributed by atoms with Crippen LogP contribution in [0.1, 0.15) is 36.0 Å². The molecule has 2 aromatic rings. The van der Waals surface area contributed by atoms with E-state index in [2.05, 4.69) is 6.58 Å². The summed E-state index contributed by atoms with van der Waals surface area (Å²) in [5, 5.41) is 0. The lowest BCUT2D eigenvalue weighted by molar-refractivity contribution is -0.139. The molecule has 30 heavy (non-hydrogen) atoms. The summed E-state index contributed by atoms with van der Waals surface area (Å²) >= 11 is 0. The van der Waals surface area contributed by atoms with Gasteiger partial charge in [-0.15, -0.1) is 0 Å². The molecule has 0 unspecified atom stereocenters. The van der Waals surface area contributed by atoms with Crippen molar-refractivity contribution in [1.82, 2.24) is 4.90 Å². The molecule has 0 saturated heterocycles. The molecule has 1 heterocycles. The Labute approximate surface area is 177 Å². The third kappa shape index (κ3) is 4.62. The van der Waals surface area contributed by atoms with E-state index in [9.17, 15) is 9.59 Å². The van der Waals surface area contributed by atoms with Gasteiger partial charge in [0.05, 0.1) is 19.2 Å². The summed E-state index contributed by atoms with van der Waals surface area (Å²) in [5.74, 6) is -0.00832. The van der Waals surface area contributed by atoms with Crippen LogP contribution in [-0.4, -0.2) is 30.5 Å². The smallest absolute Gasteiger partial charge is 0.336 e. The summed E-state index contributed by atoms with van der Waals surface area (Å²) in [6.45, 7) is 7.94. The Morgan fingerprint density at radius 1 is 1.13 bits per heavy atom. The van der Waals surface area contributed by atoms with Gasteiger partial charge < -0.3 is 14.4 Å². The molecular formula is C25H27NO4. The molecule has 0 spiro atoms. The van der Waals surface area contributed by atoms with E-state index in [4.69, 9.17) is 9.47 Å². The number of carbonyl (C=O) groups is 2. The summed E-state index contributed by atoms with van der Waals surface area (Å²) in [6, 6.07) is 15.5. The number of carbonyl (C=O) groups excluding carboxylic acids is 2. The lowest BCUT2D eigenvalue weighted by atomic mass is 9.83. The number of benzene rings is 2. The third-order valence-electron chi connectivity index (χ3n) is 5.35. The van der Waals surface area contributed by atoms with Gasteiger partial charge in [0.1, 0.15) is 12.4 Å². The quantitative estimate of drug-likeness (QED) is 0.502. The van der Waals surface area contributed by atoms with Crippen molar-refractivity contribution in [2.24, 2.45) is 0 Å². The number of ether oxygens (including phenoxy) is 2. The second-order valence-corrected chi connectivity index (χ2v) is 7.38. The van der Waals surface area contributed by atoms with Crippen molar-refractivity contribution in [3.05, 3.63) is 89.1 Å². The fraction of sp³-hybridized carbons (Fsp3) is 0.280. The molecule has 0 fully saturated rings. The highest BCUT2D eigenvalue weighted by molar-refractivity contribution is 5.95. The molecule has 5 nitrogen and oxygen atoms in total. The standard InChI is InChI=1S/C25H27NO4/c1-5-14-30-25(28)24-18(3)26(16-19-8-12-21(29-4)13-9-19)23(27)15-22(24)20-10-6-17(2)7-11-20/h5-13,22H,1,14-16H2,2-4H3/t22-/m0/s1. The Hall–Kier alpha value is -3.34. The van der Waals surface area contributed by atoms with Crippen molar-refractivity contribution in [2.75, 3.05) is 13.7 Å². The SMILES string of the molecule is C=CCOC(=O)C1=C(C)N(Cc2ccc(OC)cc2)C(=O)C[C@H]1c1ccc(C)cc1. The number of rotatable bonds is 7. The van der Waals surface area contributed by atoms with E-state index in [1.165, 1.54) is 6.08 Å². The molecule has 3 rings (SSSR count). The molecule has 0 aliphatic carbocycles. The van der Waals surface area contributed by atoms with Crippen LogP contribution in [0.4, 0.5) is 0 Å². The van der Waals surface area contributed by atoms with Crippen LogP contribution in [-0.2, 0) is 20.9 Å². The molecule has 0 N–H and O–H groups in total. The normalized spacial score (nSPS) is 16.4. The highest BCUT2D eigenvalue weighted by Crippen LogP contribution is 2.37. The predicted molar refractivity (Wildman–Crippen MR) is 116 cm³/mol. The predicted octanol–water partition coefficient (Wildman–Crippen LogP) is 4.52. The zero-order valence-electron chi connectivity index (χ0n) is 17.7. The molecule has 156 valence electrons. The minimum absolute atomic E-state index is 0.0193. The summed E-state index contributed by atoms with van der Waals surface area (Å²) in [4.78, 5) is 27.7. The van der Waals surface area contributed by atoms with Crippen LogP contribution in [0.15, 0.2) is 72.5 Å². The van der Waals surface area contributed by atoms with Crippen molar-refractivity contribution in [1.29, 1.82) is 0 Å². The maximum atomic E-state index is 13.1. The van der Waals surface area contributed by atoms with Gasteiger partial charge >= 0.3 is 5.97 Å². The van der Waals surface area contributed by atoms with E-state index in [0.29, 0.717) is 17.8 Å². The van der Waals surface area contributed by atoms with Gasteiger partial charge in [0.2, 0.25) is 5.91 Å². The van der Waals surface area contributed by atoms with Gasteiger partial charge in [-0.25, -0.2) is 4.79 Å². The van der Waals surface area contributed by atoms with Crippen LogP contribution in [0, 0.1) is 6.92 Å². The zero-order chi connectivity index (χ0) is 21.7. The Morgan fingerprint density at radius 2 is 1.80 bits per heavy atom. The van der Waals surface area contributed by atoms with E-state index in [0.717, 1.165) is 22.4 Å². The lowest BCUT2D eigenvalue weighted by Gasteiger charge is -2.34. The Bertz CT molecular complexity index is 958. The van der Waals surface area contributed by atoms with E-state index < -0.39 is 5.97 Å². The first-order valence-electron chi connectivity index (χ1n) is 9.93. The van der Waals surface area contributed by atoms with E-state index >= 15 is 0 Å². The first kappa shape index (κ1) is 21.4. The van der Waals surface area contributed by atoms with Crippen molar-refractivity contribution in [2.45, 2.75) is 32.7 Å². The Balaban J connectivity index is 1.98. The summed E-state index contributed by atoms with van der Waals surface area (Å²) < 4.78 is 10.6.